The molecule has 10 heteroatoms. The fourth-order valence-electron chi connectivity index (χ4n) is 2.59. The lowest BCUT2D eigenvalue weighted by Crippen LogP contribution is -2.44. The van der Waals surface area contributed by atoms with Crippen molar-refractivity contribution in [2.24, 2.45) is 0 Å². The maximum atomic E-state index is 13.0. The Kier molecular flexibility index (Phi) is 6.50. The summed E-state index contributed by atoms with van der Waals surface area (Å²) in [4.78, 5) is 39.5. The van der Waals surface area contributed by atoms with Crippen LogP contribution in [0.4, 0.5) is 25.9 Å². The van der Waals surface area contributed by atoms with E-state index in [4.69, 9.17) is 19.9 Å². The molecule has 0 spiro atoms. The van der Waals surface area contributed by atoms with Crippen LogP contribution in [0, 0.1) is 0 Å². The summed E-state index contributed by atoms with van der Waals surface area (Å²) in [5.74, 6) is -0.144. The number of imide groups is 1. The van der Waals surface area contributed by atoms with Gasteiger partial charge in [-0.1, -0.05) is 0 Å². The van der Waals surface area contributed by atoms with Gasteiger partial charge in [-0.15, -0.1) is 5.10 Å². The van der Waals surface area contributed by atoms with Gasteiger partial charge in [0, 0.05) is 11.1 Å². The first-order valence-corrected chi connectivity index (χ1v) is 10.2. The molecule has 2 amide bonds. The van der Waals surface area contributed by atoms with Crippen LogP contribution in [0.25, 0.3) is 10.9 Å². The molecule has 0 saturated heterocycles. The predicted molar refractivity (Wildman–Crippen MR) is 121 cm³/mol. The van der Waals surface area contributed by atoms with Crippen molar-refractivity contribution in [3.05, 3.63) is 18.2 Å². The van der Waals surface area contributed by atoms with Crippen LogP contribution in [-0.2, 0) is 14.2 Å². The molecular weight excluding hydrogens is 416 g/mol. The molecule has 1 aromatic heterocycles. The van der Waals surface area contributed by atoms with Crippen LogP contribution in [0.2, 0.25) is 0 Å². The fraction of sp³-hybridized carbons (Fsp3) is 0.545. The molecule has 0 bridgehead atoms. The summed E-state index contributed by atoms with van der Waals surface area (Å²) in [6.07, 6.45) is -2.80. The van der Waals surface area contributed by atoms with Crippen molar-refractivity contribution in [1.82, 2.24) is 9.78 Å². The number of hydrogen-bond acceptors (Lipinski definition) is 8. The number of nitrogens with zero attached hydrogens (tertiary/aromatic N) is 3. The first-order valence-electron chi connectivity index (χ1n) is 10.2. The van der Waals surface area contributed by atoms with Crippen molar-refractivity contribution >= 4 is 40.7 Å². The number of anilines is 2. The smallest absolute Gasteiger partial charge is 0.435 e. The number of aromatic nitrogens is 2. The van der Waals surface area contributed by atoms with E-state index in [9.17, 15) is 14.4 Å². The van der Waals surface area contributed by atoms with E-state index in [0.29, 0.717) is 16.0 Å². The Morgan fingerprint density at radius 1 is 0.844 bits per heavy atom. The molecule has 176 valence electrons. The Bertz CT molecular complexity index is 1010. The van der Waals surface area contributed by atoms with Crippen LogP contribution < -0.4 is 10.6 Å². The number of carbonyl (C=O) groups excluding carboxylic acids is 3. The Morgan fingerprint density at radius 2 is 1.31 bits per heavy atom. The summed E-state index contributed by atoms with van der Waals surface area (Å²) >= 11 is 0. The van der Waals surface area contributed by atoms with Crippen LogP contribution in [0.1, 0.15) is 62.3 Å². The highest BCUT2D eigenvalue weighted by Crippen LogP contribution is 2.31. The molecule has 2 aromatic rings. The molecular formula is C22H32N4O6. The Balaban J connectivity index is 2.70. The lowest BCUT2D eigenvalue weighted by atomic mass is 10.2. The zero-order chi connectivity index (χ0) is 24.6. The molecule has 0 radical (unpaired) electrons. The van der Waals surface area contributed by atoms with Gasteiger partial charge in [-0.2, -0.15) is 9.58 Å². The highest BCUT2D eigenvalue weighted by Gasteiger charge is 2.36. The molecule has 10 nitrogen and oxygen atoms in total. The third kappa shape index (κ3) is 6.35. The Labute approximate surface area is 187 Å². The molecule has 0 unspecified atom stereocenters. The highest BCUT2D eigenvalue weighted by atomic mass is 16.6. The first kappa shape index (κ1) is 25.0. The normalized spacial score (nSPS) is 12.4. The molecule has 0 saturated carbocycles. The average molecular weight is 449 g/mol. The number of carbonyl (C=O) groups is 3. The summed E-state index contributed by atoms with van der Waals surface area (Å²) in [5, 5.41) is 4.54. The van der Waals surface area contributed by atoms with Gasteiger partial charge in [-0.3, -0.25) is 0 Å². The Morgan fingerprint density at radius 3 is 1.75 bits per heavy atom. The number of fused-ring (bicyclic) bond motifs is 1. The Hall–Kier alpha value is -3.30. The van der Waals surface area contributed by atoms with E-state index in [-0.39, 0.29) is 11.3 Å². The maximum Gasteiger partial charge on any atom is 0.435 e. The minimum absolute atomic E-state index is 0.144. The summed E-state index contributed by atoms with van der Waals surface area (Å²) < 4.78 is 17.2. The number of benzene rings is 1. The van der Waals surface area contributed by atoms with Gasteiger partial charge in [-0.05, 0) is 80.5 Å². The standard InChI is InChI=1S/C22H32N4O6/c1-20(2,3)30-17(27)25(18(28)31-21(4,5)6)16-14-11-10-13(23)12-15(14)26(24-16)19(29)32-22(7,8)9/h10-12H,23H2,1-9H3. The van der Waals surface area contributed by atoms with Crippen LogP contribution in [-0.4, -0.2) is 44.9 Å². The van der Waals surface area contributed by atoms with E-state index in [2.05, 4.69) is 5.10 Å². The fourth-order valence-corrected chi connectivity index (χ4v) is 2.59. The lowest BCUT2D eigenvalue weighted by molar-refractivity contribution is 0.0421. The number of ether oxygens (including phenoxy) is 3. The van der Waals surface area contributed by atoms with Gasteiger partial charge < -0.3 is 19.9 Å². The molecule has 32 heavy (non-hydrogen) atoms. The third-order valence-electron chi connectivity index (χ3n) is 3.62. The summed E-state index contributed by atoms with van der Waals surface area (Å²) in [6, 6.07) is 4.61. The van der Waals surface area contributed by atoms with E-state index in [0.717, 1.165) is 4.68 Å². The molecule has 1 aromatic carbocycles. The SMILES string of the molecule is CC(C)(C)OC(=O)N(C(=O)OC(C)(C)C)c1nn(C(=O)OC(C)(C)C)c2cc(N)ccc12. The van der Waals surface area contributed by atoms with E-state index < -0.39 is 35.1 Å². The topological polar surface area (TPSA) is 126 Å². The van der Waals surface area contributed by atoms with Crippen molar-refractivity contribution < 1.29 is 28.6 Å². The largest absolute Gasteiger partial charge is 0.443 e. The van der Waals surface area contributed by atoms with E-state index in [1.807, 2.05) is 0 Å². The van der Waals surface area contributed by atoms with Gasteiger partial charge >= 0.3 is 18.3 Å². The van der Waals surface area contributed by atoms with Gasteiger partial charge in [0.2, 0.25) is 0 Å². The molecule has 0 fully saturated rings. The minimum Gasteiger partial charge on any atom is -0.443 e. The quantitative estimate of drug-likeness (QED) is 0.473. The van der Waals surface area contributed by atoms with Gasteiger partial charge in [0.05, 0.1) is 5.52 Å². The molecule has 1 heterocycles. The highest BCUT2D eigenvalue weighted by molar-refractivity contribution is 6.14. The van der Waals surface area contributed by atoms with Crippen molar-refractivity contribution in [2.45, 2.75) is 79.1 Å². The zero-order valence-corrected chi connectivity index (χ0v) is 20.1. The van der Waals surface area contributed by atoms with Crippen LogP contribution >= 0.6 is 0 Å². The van der Waals surface area contributed by atoms with Crippen LogP contribution in [0.5, 0.6) is 0 Å². The second-order valence-electron chi connectivity index (χ2n) is 10.3. The second-order valence-corrected chi connectivity index (χ2v) is 10.3. The van der Waals surface area contributed by atoms with Crippen molar-refractivity contribution in [3.63, 3.8) is 0 Å². The summed E-state index contributed by atoms with van der Waals surface area (Å²) in [6.45, 7) is 15.1. The van der Waals surface area contributed by atoms with Gasteiger partial charge in [-0.25, -0.2) is 14.4 Å². The predicted octanol–water partition coefficient (Wildman–Crippen LogP) is 5.08. The molecule has 2 N–H and O–H groups in total. The molecule has 0 aliphatic rings. The van der Waals surface area contributed by atoms with Crippen LogP contribution in [0.3, 0.4) is 0 Å². The average Bonchev–Trinajstić information content (AvgIpc) is 2.88. The first-order chi connectivity index (χ1) is 14.4. The molecule has 0 aliphatic carbocycles. The van der Waals surface area contributed by atoms with Gasteiger partial charge in [0.15, 0.2) is 5.82 Å². The van der Waals surface area contributed by atoms with Gasteiger partial charge in [0.1, 0.15) is 16.8 Å². The van der Waals surface area contributed by atoms with Crippen molar-refractivity contribution in [3.8, 4) is 0 Å². The number of nitrogens with two attached hydrogens (primary N) is 1. The zero-order valence-electron chi connectivity index (χ0n) is 20.1. The summed E-state index contributed by atoms with van der Waals surface area (Å²) in [5.41, 5.74) is 3.92. The maximum absolute atomic E-state index is 13.0. The van der Waals surface area contributed by atoms with Crippen LogP contribution in [0.15, 0.2) is 18.2 Å². The number of hydrogen-bond donors (Lipinski definition) is 1. The molecule has 0 atom stereocenters. The monoisotopic (exact) mass is 448 g/mol. The number of amides is 2. The van der Waals surface area contributed by atoms with Gasteiger partial charge in [0.25, 0.3) is 0 Å². The van der Waals surface area contributed by atoms with E-state index in [1.54, 1.807) is 74.4 Å². The summed E-state index contributed by atoms with van der Waals surface area (Å²) in [7, 11) is 0. The second kappa shape index (κ2) is 8.33. The van der Waals surface area contributed by atoms with Crippen molar-refractivity contribution in [1.29, 1.82) is 0 Å². The number of rotatable bonds is 1. The molecule has 0 aliphatic heterocycles. The van der Waals surface area contributed by atoms with Crippen molar-refractivity contribution in [2.75, 3.05) is 10.6 Å². The number of nitrogen functional groups attached to an aromatic ring is 1. The van der Waals surface area contributed by atoms with E-state index >= 15 is 0 Å². The lowest BCUT2D eigenvalue weighted by Gasteiger charge is -2.27. The third-order valence-corrected chi connectivity index (χ3v) is 3.62. The molecule has 2 rings (SSSR count). The van der Waals surface area contributed by atoms with E-state index in [1.165, 1.54) is 6.07 Å². The minimum atomic E-state index is -1.00.